The molecule has 3 heteroatoms. The summed E-state index contributed by atoms with van der Waals surface area (Å²) in [5.41, 5.74) is -0.190. The Labute approximate surface area is 109 Å². The average molecular weight is 250 g/mol. The van der Waals surface area contributed by atoms with E-state index < -0.39 is 0 Å². The SMILES string of the molecule is Cc1ccc(C(C)NCCCC(C)(C)C#N)s1. The summed E-state index contributed by atoms with van der Waals surface area (Å²) in [6.45, 7) is 9.30. The Kier molecular flexibility index (Phi) is 5.17. The summed E-state index contributed by atoms with van der Waals surface area (Å²) in [4.78, 5) is 2.75. The highest BCUT2D eigenvalue weighted by molar-refractivity contribution is 7.12. The molecule has 0 saturated heterocycles. The van der Waals surface area contributed by atoms with Gasteiger partial charge in [0.15, 0.2) is 0 Å². The quantitative estimate of drug-likeness (QED) is 0.773. The summed E-state index contributed by atoms with van der Waals surface area (Å²) in [5.74, 6) is 0. The lowest BCUT2D eigenvalue weighted by Gasteiger charge is -2.16. The van der Waals surface area contributed by atoms with Crippen LogP contribution in [-0.4, -0.2) is 6.54 Å². The van der Waals surface area contributed by atoms with Crippen LogP contribution in [0, 0.1) is 23.7 Å². The third-order valence-electron chi connectivity index (χ3n) is 2.92. The fraction of sp³-hybridized carbons (Fsp3) is 0.643. The second-order valence-corrected chi connectivity index (χ2v) is 6.54. The zero-order chi connectivity index (χ0) is 12.9. The molecule has 17 heavy (non-hydrogen) atoms. The van der Waals surface area contributed by atoms with Gasteiger partial charge in [0.1, 0.15) is 0 Å². The zero-order valence-electron chi connectivity index (χ0n) is 11.2. The molecule has 1 aromatic rings. The van der Waals surface area contributed by atoms with E-state index in [0.29, 0.717) is 6.04 Å². The molecular formula is C14H22N2S. The van der Waals surface area contributed by atoms with Gasteiger partial charge in [-0.25, -0.2) is 0 Å². The van der Waals surface area contributed by atoms with Gasteiger partial charge in [0, 0.05) is 15.8 Å². The average Bonchev–Trinajstić information content (AvgIpc) is 2.71. The van der Waals surface area contributed by atoms with Crippen LogP contribution in [0.1, 0.15) is 49.4 Å². The van der Waals surface area contributed by atoms with Crippen LogP contribution in [0.3, 0.4) is 0 Å². The van der Waals surface area contributed by atoms with Gasteiger partial charge in [-0.1, -0.05) is 0 Å². The molecule has 94 valence electrons. The van der Waals surface area contributed by atoms with Crippen molar-refractivity contribution in [2.45, 2.75) is 46.6 Å². The van der Waals surface area contributed by atoms with Gasteiger partial charge in [0.25, 0.3) is 0 Å². The summed E-state index contributed by atoms with van der Waals surface area (Å²) in [5, 5.41) is 12.4. The molecule has 0 aliphatic carbocycles. The molecule has 0 aliphatic heterocycles. The smallest absolute Gasteiger partial charge is 0.0683 e. The molecule has 1 N–H and O–H groups in total. The van der Waals surface area contributed by atoms with Crippen LogP contribution < -0.4 is 5.32 Å². The highest BCUT2D eigenvalue weighted by Gasteiger charge is 2.15. The van der Waals surface area contributed by atoms with E-state index in [1.54, 1.807) is 0 Å². The Hall–Kier alpha value is -0.850. The standard InChI is InChI=1S/C14H22N2S/c1-11-6-7-13(17-11)12(2)16-9-5-8-14(3,4)10-15/h6-7,12,16H,5,8-9H2,1-4H3. The molecule has 1 rings (SSSR count). The van der Waals surface area contributed by atoms with Gasteiger partial charge in [-0.05, 0) is 59.2 Å². The van der Waals surface area contributed by atoms with E-state index in [-0.39, 0.29) is 5.41 Å². The van der Waals surface area contributed by atoms with Crippen molar-refractivity contribution in [3.8, 4) is 6.07 Å². The first-order chi connectivity index (χ1) is 7.94. The van der Waals surface area contributed by atoms with Crippen LogP contribution in [-0.2, 0) is 0 Å². The Morgan fingerprint density at radius 3 is 2.71 bits per heavy atom. The molecule has 0 aromatic carbocycles. The number of nitriles is 1. The van der Waals surface area contributed by atoms with Crippen molar-refractivity contribution in [3.63, 3.8) is 0 Å². The fourth-order valence-corrected chi connectivity index (χ4v) is 2.60. The number of rotatable bonds is 6. The van der Waals surface area contributed by atoms with Crippen molar-refractivity contribution in [3.05, 3.63) is 21.9 Å². The van der Waals surface area contributed by atoms with Crippen LogP contribution in [0.4, 0.5) is 0 Å². The predicted molar refractivity (Wildman–Crippen MR) is 74.1 cm³/mol. The highest BCUT2D eigenvalue weighted by atomic mass is 32.1. The monoisotopic (exact) mass is 250 g/mol. The summed E-state index contributed by atoms with van der Waals surface area (Å²) in [6, 6.07) is 7.11. The normalized spacial score (nSPS) is 13.4. The van der Waals surface area contributed by atoms with E-state index >= 15 is 0 Å². The molecule has 0 spiro atoms. The van der Waals surface area contributed by atoms with Crippen LogP contribution >= 0.6 is 11.3 Å². The van der Waals surface area contributed by atoms with Gasteiger partial charge >= 0.3 is 0 Å². The van der Waals surface area contributed by atoms with E-state index in [9.17, 15) is 0 Å². The van der Waals surface area contributed by atoms with E-state index in [1.807, 2.05) is 25.2 Å². The minimum Gasteiger partial charge on any atom is -0.309 e. The largest absolute Gasteiger partial charge is 0.309 e. The first-order valence-electron chi connectivity index (χ1n) is 6.15. The molecule has 0 saturated carbocycles. The maximum atomic E-state index is 8.91. The second kappa shape index (κ2) is 6.18. The van der Waals surface area contributed by atoms with E-state index in [1.165, 1.54) is 9.75 Å². The third-order valence-corrected chi connectivity index (χ3v) is 4.10. The Morgan fingerprint density at radius 1 is 1.47 bits per heavy atom. The molecule has 1 aromatic heterocycles. The zero-order valence-corrected chi connectivity index (χ0v) is 12.0. The molecule has 1 heterocycles. The molecule has 0 amide bonds. The van der Waals surface area contributed by atoms with Crippen molar-refractivity contribution >= 4 is 11.3 Å². The van der Waals surface area contributed by atoms with Gasteiger partial charge in [-0.15, -0.1) is 11.3 Å². The van der Waals surface area contributed by atoms with E-state index in [2.05, 4.69) is 37.4 Å². The lowest BCUT2D eigenvalue weighted by molar-refractivity contribution is 0.418. The number of aryl methyl sites for hydroxylation is 1. The molecular weight excluding hydrogens is 228 g/mol. The van der Waals surface area contributed by atoms with E-state index in [4.69, 9.17) is 5.26 Å². The van der Waals surface area contributed by atoms with Crippen LogP contribution in [0.2, 0.25) is 0 Å². The molecule has 2 nitrogen and oxygen atoms in total. The minimum absolute atomic E-state index is 0.190. The number of thiophene rings is 1. The van der Waals surface area contributed by atoms with Gasteiger partial charge in [-0.3, -0.25) is 0 Å². The van der Waals surface area contributed by atoms with Crippen molar-refractivity contribution in [1.29, 1.82) is 5.26 Å². The van der Waals surface area contributed by atoms with Crippen LogP contribution in [0.15, 0.2) is 12.1 Å². The van der Waals surface area contributed by atoms with Crippen molar-refractivity contribution in [1.82, 2.24) is 5.32 Å². The highest BCUT2D eigenvalue weighted by Crippen LogP contribution is 2.23. The van der Waals surface area contributed by atoms with E-state index in [0.717, 1.165) is 19.4 Å². The van der Waals surface area contributed by atoms with Gasteiger partial charge in [0.2, 0.25) is 0 Å². The predicted octanol–water partition coefficient (Wildman–Crippen LogP) is 4.04. The van der Waals surface area contributed by atoms with Crippen LogP contribution in [0.5, 0.6) is 0 Å². The van der Waals surface area contributed by atoms with Crippen molar-refractivity contribution < 1.29 is 0 Å². The summed E-state index contributed by atoms with van der Waals surface area (Å²) < 4.78 is 0. The first kappa shape index (κ1) is 14.2. The van der Waals surface area contributed by atoms with Gasteiger partial charge in [0.05, 0.1) is 11.5 Å². The Balaban J connectivity index is 2.26. The maximum Gasteiger partial charge on any atom is 0.0683 e. The Morgan fingerprint density at radius 2 is 2.18 bits per heavy atom. The molecule has 0 bridgehead atoms. The summed E-state index contributed by atoms with van der Waals surface area (Å²) in [6.07, 6.45) is 2.00. The van der Waals surface area contributed by atoms with Crippen LogP contribution in [0.25, 0.3) is 0 Å². The first-order valence-corrected chi connectivity index (χ1v) is 6.97. The summed E-state index contributed by atoms with van der Waals surface area (Å²) in [7, 11) is 0. The third kappa shape index (κ3) is 4.89. The summed E-state index contributed by atoms with van der Waals surface area (Å²) >= 11 is 1.85. The molecule has 1 atom stereocenters. The second-order valence-electron chi connectivity index (χ2n) is 5.22. The van der Waals surface area contributed by atoms with Gasteiger partial charge < -0.3 is 5.32 Å². The topological polar surface area (TPSA) is 35.8 Å². The van der Waals surface area contributed by atoms with Crippen molar-refractivity contribution in [2.75, 3.05) is 6.54 Å². The molecule has 0 aliphatic rings. The fourth-order valence-electron chi connectivity index (χ4n) is 1.69. The lowest BCUT2D eigenvalue weighted by atomic mass is 9.90. The number of nitrogens with zero attached hydrogens (tertiary/aromatic N) is 1. The maximum absolute atomic E-state index is 8.91. The number of hydrogen-bond donors (Lipinski definition) is 1. The molecule has 0 radical (unpaired) electrons. The minimum atomic E-state index is -0.190. The van der Waals surface area contributed by atoms with Gasteiger partial charge in [-0.2, -0.15) is 5.26 Å². The molecule has 0 fully saturated rings. The number of hydrogen-bond acceptors (Lipinski definition) is 3. The molecule has 1 unspecified atom stereocenters. The number of nitrogens with one attached hydrogen (secondary N) is 1. The van der Waals surface area contributed by atoms with Crippen molar-refractivity contribution in [2.24, 2.45) is 5.41 Å². The Bertz CT molecular complexity index is 387. The lowest BCUT2D eigenvalue weighted by Crippen LogP contribution is -2.20.